The average Bonchev–Trinajstić information content (AvgIpc) is 4.12. The van der Waals surface area contributed by atoms with E-state index < -0.39 is 0 Å². The second-order valence-electron chi connectivity index (χ2n) is 16.8. The average molecular weight is 737 g/mol. The van der Waals surface area contributed by atoms with Crippen LogP contribution in [-0.4, -0.2) is 4.98 Å². The second-order valence-corrected chi connectivity index (χ2v) is 16.8. The van der Waals surface area contributed by atoms with Gasteiger partial charge in [-0.05, 0) is 173 Å². The summed E-state index contributed by atoms with van der Waals surface area (Å²) >= 11 is 0. The number of hydrogen-bond acceptors (Lipinski definition) is 3. The van der Waals surface area contributed by atoms with E-state index in [-0.39, 0.29) is 5.41 Å². The van der Waals surface area contributed by atoms with Crippen LogP contribution in [0.1, 0.15) is 71.9 Å². The Bertz CT molecular complexity index is 2820. The van der Waals surface area contributed by atoms with Crippen LogP contribution in [0.5, 0.6) is 0 Å². The van der Waals surface area contributed by atoms with Crippen LogP contribution in [0, 0.1) is 0 Å². The molecule has 0 atom stereocenters. The van der Waals surface area contributed by atoms with E-state index in [0.29, 0.717) is 5.89 Å². The SMILES string of the molecule is c1ccc(-c2ccc(N(c3cccc(-c4nc5ccccc5o4)c3)c3cc(-c4cc5c(c6c4CCC6)CCC5)c4c(c3)C3(CCCC3)c3ccccc3-4)cc2)cc1. The fourth-order valence-corrected chi connectivity index (χ4v) is 11.2. The molecule has 1 heterocycles. The molecule has 12 rings (SSSR count). The van der Waals surface area contributed by atoms with Gasteiger partial charge < -0.3 is 9.32 Å². The zero-order valence-electron chi connectivity index (χ0n) is 32.2. The normalized spacial score (nSPS) is 15.9. The molecular weight excluding hydrogens is 693 g/mol. The first kappa shape index (κ1) is 33.0. The molecule has 0 N–H and O–H groups in total. The lowest BCUT2D eigenvalue weighted by molar-refractivity contribution is 0.550. The highest BCUT2D eigenvalue weighted by molar-refractivity contribution is 5.98. The third-order valence-corrected chi connectivity index (χ3v) is 13.7. The first-order valence-electron chi connectivity index (χ1n) is 21.1. The van der Waals surface area contributed by atoms with Crippen LogP contribution in [0.3, 0.4) is 0 Å². The van der Waals surface area contributed by atoms with E-state index in [1.807, 2.05) is 24.3 Å². The minimum absolute atomic E-state index is 0.0272. The summed E-state index contributed by atoms with van der Waals surface area (Å²) in [5.74, 6) is 0.640. The largest absolute Gasteiger partial charge is 0.436 e. The molecule has 4 aliphatic rings. The van der Waals surface area contributed by atoms with Gasteiger partial charge in [0.1, 0.15) is 5.52 Å². The molecule has 0 unspecified atom stereocenters. The Hall–Kier alpha value is -6.19. The highest BCUT2D eigenvalue weighted by Crippen LogP contribution is 2.61. The third kappa shape index (κ3) is 5.14. The van der Waals surface area contributed by atoms with Gasteiger partial charge >= 0.3 is 0 Å². The summed E-state index contributed by atoms with van der Waals surface area (Å²) in [7, 11) is 0. The number of benzene rings is 7. The van der Waals surface area contributed by atoms with Gasteiger partial charge in [0, 0.05) is 28.0 Å². The Kier molecular flexibility index (Phi) is 7.48. The predicted molar refractivity (Wildman–Crippen MR) is 234 cm³/mol. The Morgan fingerprint density at radius 3 is 2.09 bits per heavy atom. The zero-order chi connectivity index (χ0) is 37.5. The van der Waals surface area contributed by atoms with Gasteiger partial charge in [0.2, 0.25) is 5.89 Å². The van der Waals surface area contributed by atoms with E-state index in [4.69, 9.17) is 9.40 Å². The molecule has 1 spiro atoms. The van der Waals surface area contributed by atoms with Gasteiger partial charge in [-0.2, -0.15) is 0 Å². The topological polar surface area (TPSA) is 29.3 Å². The van der Waals surface area contributed by atoms with Gasteiger partial charge in [-0.3, -0.25) is 0 Å². The van der Waals surface area contributed by atoms with Gasteiger partial charge in [0.15, 0.2) is 5.58 Å². The van der Waals surface area contributed by atoms with Gasteiger partial charge in [0.05, 0.1) is 0 Å². The molecule has 4 aliphatic carbocycles. The van der Waals surface area contributed by atoms with E-state index in [0.717, 1.165) is 28.0 Å². The summed E-state index contributed by atoms with van der Waals surface area (Å²) in [5.41, 5.74) is 23.9. The molecule has 7 aromatic carbocycles. The number of fused-ring (bicyclic) bond motifs is 9. The molecular formula is C54H44N2O. The number of aryl methyl sites for hydroxylation is 1. The summed E-state index contributed by atoms with van der Waals surface area (Å²) < 4.78 is 6.35. The molecule has 0 amide bonds. The molecule has 276 valence electrons. The number of para-hydroxylation sites is 2. The van der Waals surface area contributed by atoms with Crippen LogP contribution < -0.4 is 4.90 Å². The number of nitrogens with zero attached hydrogens (tertiary/aromatic N) is 2. The number of oxazole rings is 1. The first-order valence-corrected chi connectivity index (χ1v) is 21.1. The molecule has 8 aromatic rings. The third-order valence-electron chi connectivity index (χ3n) is 13.7. The Morgan fingerprint density at radius 1 is 0.474 bits per heavy atom. The molecule has 0 aliphatic heterocycles. The fourth-order valence-electron chi connectivity index (χ4n) is 11.2. The van der Waals surface area contributed by atoms with Crippen molar-refractivity contribution in [2.45, 2.75) is 69.6 Å². The lowest BCUT2D eigenvalue weighted by Gasteiger charge is -2.31. The van der Waals surface area contributed by atoms with E-state index in [2.05, 4.69) is 126 Å². The van der Waals surface area contributed by atoms with Crippen molar-refractivity contribution in [3.8, 4) is 44.8 Å². The number of aromatic nitrogens is 1. The molecule has 1 aromatic heterocycles. The first-order chi connectivity index (χ1) is 28.2. The summed E-state index contributed by atoms with van der Waals surface area (Å²) in [5, 5.41) is 0. The second kappa shape index (κ2) is 12.9. The van der Waals surface area contributed by atoms with Crippen LogP contribution in [-0.2, 0) is 31.1 Å². The maximum Gasteiger partial charge on any atom is 0.227 e. The van der Waals surface area contributed by atoms with E-state index in [9.17, 15) is 0 Å². The summed E-state index contributed by atoms with van der Waals surface area (Å²) in [6.07, 6.45) is 12.3. The summed E-state index contributed by atoms with van der Waals surface area (Å²) in [6.45, 7) is 0. The molecule has 57 heavy (non-hydrogen) atoms. The van der Waals surface area contributed by atoms with E-state index in [1.54, 1.807) is 22.3 Å². The van der Waals surface area contributed by atoms with Crippen molar-refractivity contribution >= 4 is 28.2 Å². The minimum Gasteiger partial charge on any atom is -0.436 e. The Labute approximate surface area is 334 Å². The van der Waals surface area contributed by atoms with E-state index >= 15 is 0 Å². The zero-order valence-corrected chi connectivity index (χ0v) is 32.2. The van der Waals surface area contributed by atoms with Crippen LogP contribution in [0.2, 0.25) is 0 Å². The molecule has 3 heteroatoms. The smallest absolute Gasteiger partial charge is 0.227 e. The molecule has 3 nitrogen and oxygen atoms in total. The van der Waals surface area contributed by atoms with Crippen molar-refractivity contribution in [3.63, 3.8) is 0 Å². The van der Waals surface area contributed by atoms with Crippen LogP contribution >= 0.6 is 0 Å². The molecule has 1 fully saturated rings. The van der Waals surface area contributed by atoms with Crippen molar-refractivity contribution < 1.29 is 4.42 Å². The van der Waals surface area contributed by atoms with Crippen molar-refractivity contribution in [1.82, 2.24) is 4.98 Å². The molecule has 1 saturated carbocycles. The van der Waals surface area contributed by atoms with Gasteiger partial charge in [0.25, 0.3) is 0 Å². The number of anilines is 3. The van der Waals surface area contributed by atoms with Crippen LogP contribution in [0.25, 0.3) is 55.9 Å². The van der Waals surface area contributed by atoms with Crippen molar-refractivity contribution in [2.75, 3.05) is 4.90 Å². The standard InChI is InChI=1S/C54H44N2O/c1-2-13-35(14-3-1)36-25-27-39(28-26-36)56(40-17-10-16-38(31-40)53-55-50-23-6-7-24-51(50)57-53)41-33-47(46-32-37-15-11-19-42(37)43-20-12-21-44(43)46)52-45-18-4-5-22-48(45)54(49(52)34-41)29-8-9-30-54/h1-7,10,13-14,16-18,22-28,31-34H,8-9,11-12,15,19-21,29-30H2. The van der Waals surface area contributed by atoms with Crippen molar-refractivity contribution in [2.24, 2.45) is 0 Å². The molecule has 0 bridgehead atoms. The highest BCUT2D eigenvalue weighted by Gasteiger charge is 2.46. The lowest BCUT2D eigenvalue weighted by Crippen LogP contribution is -2.21. The fraction of sp³-hybridized carbons (Fsp3) is 0.204. The van der Waals surface area contributed by atoms with E-state index in [1.165, 1.54) is 114 Å². The summed E-state index contributed by atoms with van der Waals surface area (Å²) in [6, 6.07) is 53.8. The van der Waals surface area contributed by atoms with Gasteiger partial charge in [-0.1, -0.05) is 104 Å². The predicted octanol–water partition coefficient (Wildman–Crippen LogP) is 14.1. The molecule has 0 radical (unpaired) electrons. The van der Waals surface area contributed by atoms with Gasteiger partial charge in [-0.25, -0.2) is 4.98 Å². The van der Waals surface area contributed by atoms with Gasteiger partial charge in [-0.15, -0.1) is 0 Å². The maximum absolute atomic E-state index is 6.35. The van der Waals surface area contributed by atoms with Crippen molar-refractivity contribution in [1.29, 1.82) is 0 Å². The number of hydrogen-bond donors (Lipinski definition) is 0. The monoisotopic (exact) mass is 736 g/mol. The quantitative estimate of drug-likeness (QED) is 0.170. The minimum atomic E-state index is 0.0272. The Morgan fingerprint density at radius 2 is 1.21 bits per heavy atom. The molecule has 0 saturated heterocycles. The maximum atomic E-state index is 6.35. The summed E-state index contributed by atoms with van der Waals surface area (Å²) in [4.78, 5) is 7.41. The van der Waals surface area contributed by atoms with Crippen molar-refractivity contribution in [3.05, 3.63) is 179 Å². The number of rotatable bonds is 6. The highest BCUT2D eigenvalue weighted by atomic mass is 16.3. The van der Waals surface area contributed by atoms with Crippen LogP contribution in [0.4, 0.5) is 17.1 Å². The lowest BCUT2D eigenvalue weighted by atomic mass is 9.76. The Balaban J connectivity index is 1.12. The van der Waals surface area contributed by atoms with Crippen LogP contribution in [0.15, 0.2) is 150 Å².